The van der Waals surface area contributed by atoms with Gasteiger partial charge in [0.25, 0.3) is 0 Å². The molecule has 0 aromatic carbocycles. The molecule has 0 bridgehead atoms. The quantitative estimate of drug-likeness (QED) is 0.733. The van der Waals surface area contributed by atoms with E-state index in [1.54, 1.807) is 0 Å². The number of ether oxygens (including phenoxy) is 2. The molecule has 1 atom stereocenters. The van der Waals surface area contributed by atoms with Gasteiger partial charge in [-0.25, -0.2) is 8.42 Å². The third-order valence-electron chi connectivity index (χ3n) is 5.42. The van der Waals surface area contributed by atoms with Gasteiger partial charge in [-0.05, 0) is 19.3 Å². The van der Waals surface area contributed by atoms with E-state index in [4.69, 9.17) is 15.2 Å². The van der Waals surface area contributed by atoms with Crippen molar-refractivity contribution in [2.24, 2.45) is 11.1 Å². The smallest absolute Gasteiger partial charge is 0.168 e. The van der Waals surface area contributed by atoms with Crippen LogP contribution in [0.2, 0.25) is 0 Å². The van der Waals surface area contributed by atoms with E-state index in [-0.39, 0.29) is 18.1 Å². The fraction of sp³-hybridized carbons (Fsp3) is 1.00. The summed E-state index contributed by atoms with van der Waals surface area (Å²) in [6, 6.07) is 0. The first-order valence-corrected chi connectivity index (χ1v) is 9.07. The Labute approximate surface area is 119 Å². The molecule has 0 aromatic rings. The topological polar surface area (TPSA) is 98.8 Å². The monoisotopic (exact) mass is 305 g/mol. The van der Waals surface area contributed by atoms with Gasteiger partial charge >= 0.3 is 0 Å². The Bertz CT molecular complexity index is 475. The number of aliphatic hydroxyl groups is 1. The zero-order chi connectivity index (χ0) is 14.5. The zero-order valence-electron chi connectivity index (χ0n) is 11.6. The van der Waals surface area contributed by atoms with Crippen molar-refractivity contribution in [1.29, 1.82) is 0 Å². The summed E-state index contributed by atoms with van der Waals surface area (Å²) in [5.41, 5.74) is 4.14. The molecule has 116 valence electrons. The molecular weight excluding hydrogens is 282 g/mol. The Kier molecular flexibility index (Phi) is 3.42. The van der Waals surface area contributed by atoms with Crippen LogP contribution in [0.25, 0.3) is 0 Å². The van der Waals surface area contributed by atoms with Gasteiger partial charge in [0, 0.05) is 24.8 Å². The Balaban J connectivity index is 1.79. The standard InChI is InChI=1S/C13H23NO5S/c14-9-11(5-8-20(16,17)10-11)12(15)1-3-13(4-2-12)18-6-7-19-13/h15H,1-10,14H2. The second kappa shape index (κ2) is 4.64. The molecule has 2 heterocycles. The van der Waals surface area contributed by atoms with E-state index in [9.17, 15) is 13.5 Å². The Morgan fingerprint density at radius 1 is 1.05 bits per heavy atom. The van der Waals surface area contributed by atoms with Crippen LogP contribution < -0.4 is 5.73 Å². The SMILES string of the molecule is NCC1(C2(O)CCC3(CC2)OCCO3)CCS(=O)(=O)C1. The average molecular weight is 305 g/mol. The summed E-state index contributed by atoms with van der Waals surface area (Å²) in [6.07, 6.45) is 2.63. The molecule has 3 fully saturated rings. The molecule has 3 N–H and O–H groups in total. The minimum atomic E-state index is -3.08. The van der Waals surface area contributed by atoms with Crippen LogP contribution in [0.4, 0.5) is 0 Å². The fourth-order valence-electron chi connectivity index (χ4n) is 3.99. The molecule has 0 radical (unpaired) electrons. The minimum Gasteiger partial charge on any atom is -0.389 e. The lowest BCUT2D eigenvalue weighted by atomic mass is 9.63. The van der Waals surface area contributed by atoms with Gasteiger partial charge in [-0.1, -0.05) is 0 Å². The van der Waals surface area contributed by atoms with Crippen LogP contribution in [-0.4, -0.2) is 56.2 Å². The van der Waals surface area contributed by atoms with Gasteiger partial charge in [-0.2, -0.15) is 0 Å². The predicted molar refractivity (Wildman–Crippen MR) is 72.8 cm³/mol. The second-order valence-electron chi connectivity index (χ2n) is 6.47. The lowest BCUT2D eigenvalue weighted by molar-refractivity contribution is -0.219. The molecular formula is C13H23NO5S. The van der Waals surface area contributed by atoms with Crippen molar-refractivity contribution in [3.63, 3.8) is 0 Å². The van der Waals surface area contributed by atoms with Gasteiger partial charge in [0.05, 0.1) is 30.3 Å². The lowest BCUT2D eigenvalue weighted by Gasteiger charge is -2.49. The number of rotatable bonds is 2. The van der Waals surface area contributed by atoms with Crippen molar-refractivity contribution in [3.05, 3.63) is 0 Å². The number of hydrogen-bond donors (Lipinski definition) is 2. The van der Waals surface area contributed by atoms with Crippen LogP contribution in [0.1, 0.15) is 32.1 Å². The normalized spacial score (nSPS) is 38.3. The van der Waals surface area contributed by atoms with Crippen molar-refractivity contribution >= 4 is 9.84 Å². The maximum atomic E-state index is 11.8. The van der Waals surface area contributed by atoms with Crippen molar-refractivity contribution in [3.8, 4) is 0 Å². The van der Waals surface area contributed by atoms with E-state index in [0.29, 0.717) is 45.3 Å². The number of hydrogen-bond acceptors (Lipinski definition) is 6. The molecule has 7 heteroatoms. The first-order chi connectivity index (χ1) is 9.35. The average Bonchev–Trinajstić information content (AvgIpc) is 2.99. The summed E-state index contributed by atoms with van der Waals surface area (Å²) < 4.78 is 35.0. The summed E-state index contributed by atoms with van der Waals surface area (Å²) in [7, 11) is -3.08. The summed E-state index contributed by atoms with van der Waals surface area (Å²) in [5.74, 6) is -0.425. The summed E-state index contributed by atoms with van der Waals surface area (Å²) in [4.78, 5) is 0. The van der Waals surface area contributed by atoms with Gasteiger partial charge in [-0.3, -0.25) is 0 Å². The van der Waals surface area contributed by atoms with E-state index >= 15 is 0 Å². The zero-order valence-corrected chi connectivity index (χ0v) is 12.5. The molecule has 2 saturated heterocycles. The summed E-state index contributed by atoms with van der Waals surface area (Å²) in [6.45, 7) is 1.39. The molecule has 20 heavy (non-hydrogen) atoms. The molecule has 0 amide bonds. The van der Waals surface area contributed by atoms with Crippen molar-refractivity contribution in [1.82, 2.24) is 0 Å². The van der Waals surface area contributed by atoms with Gasteiger partial charge in [0.2, 0.25) is 0 Å². The van der Waals surface area contributed by atoms with Crippen LogP contribution in [-0.2, 0) is 19.3 Å². The third kappa shape index (κ3) is 2.20. The molecule has 2 aliphatic heterocycles. The first kappa shape index (κ1) is 14.7. The summed E-state index contributed by atoms with van der Waals surface area (Å²) >= 11 is 0. The highest BCUT2D eigenvalue weighted by atomic mass is 32.2. The third-order valence-corrected chi connectivity index (χ3v) is 7.24. The lowest BCUT2D eigenvalue weighted by Crippen LogP contribution is -2.57. The Morgan fingerprint density at radius 3 is 2.10 bits per heavy atom. The van der Waals surface area contributed by atoms with E-state index < -0.39 is 26.6 Å². The highest BCUT2D eigenvalue weighted by Crippen LogP contribution is 2.51. The van der Waals surface area contributed by atoms with Gasteiger partial charge in [-0.15, -0.1) is 0 Å². The van der Waals surface area contributed by atoms with Crippen LogP contribution in [0, 0.1) is 5.41 Å². The van der Waals surface area contributed by atoms with Crippen LogP contribution in [0.3, 0.4) is 0 Å². The second-order valence-corrected chi connectivity index (χ2v) is 8.65. The van der Waals surface area contributed by atoms with Crippen molar-refractivity contribution < 1.29 is 23.0 Å². The predicted octanol–water partition coefficient (Wildman–Crippen LogP) is -0.202. The fourth-order valence-corrected chi connectivity index (χ4v) is 6.21. The Morgan fingerprint density at radius 2 is 1.65 bits per heavy atom. The van der Waals surface area contributed by atoms with E-state index in [1.807, 2.05) is 0 Å². The first-order valence-electron chi connectivity index (χ1n) is 7.25. The van der Waals surface area contributed by atoms with E-state index in [1.165, 1.54) is 0 Å². The molecule has 3 rings (SSSR count). The molecule has 6 nitrogen and oxygen atoms in total. The maximum absolute atomic E-state index is 11.8. The summed E-state index contributed by atoms with van der Waals surface area (Å²) in [5, 5.41) is 11.0. The molecule has 1 spiro atoms. The molecule has 3 aliphatic rings. The van der Waals surface area contributed by atoms with Gasteiger partial charge in [0.1, 0.15) is 0 Å². The minimum absolute atomic E-state index is 0.00170. The van der Waals surface area contributed by atoms with Crippen LogP contribution >= 0.6 is 0 Å². The van der Waals surface area contributed by atoms with Crippen molar-refractivity contribution in [2.45, 2.75) is 43.5 Å². The number of nitrogens with two attached hydrogens (primary N) is 1. The highest BCUT2D eigenvalue weighted by Gasteiger charge is 2.58. The largest absolute Gasteiger partial charge is 0.389 e. The van der Waals surface area contributed by atoms with E-state index in [2.05, 4.69) is 0 Å². The molecule has 0 aromatic heterocycles. The molecule has 1 unspecified atom stereocenters. The maximum Gasteiger partial charge on any atom is 0.168 e. The van der Waals surface area contributed by atoms with Crippen LogP contribution in [0.5, 0.6) is 0 Å². The molecule has 1 aliphatic carbocycles. The van der Waals surface area contributed by atoms with Crippen LogP contribution in [0.15, 0.2) is 0 Å². The van der Waals surface area contributed by atoms with Gasteiger partial charge in [0.15, 0.2) is 15.6 Å². The molecule has 1 saturated carbocycles. The number of sulfone groups is 1. The van der Waals surface area contributed by atoms with Gasteiger partial charge < -0.3 is 20.3 Å². The highest BCUT2D eigenvalue weighted by molar-refractivity contribution is 7.91. The Hall–Kier alpha value is -0.210. The van der Waals surface area contributed by atoms with Crippen molar-refractivity contribution in [2.75, 3.05) is 31.3 Å². The van der Waals surface area contributed by atoms with E-state index in [0.717, 1.165) is 0 Å².